The van der Waals surface area contributed by atoms with Crippen LogP contribution < -0.4 is 0 Å². The van der Waals surface area contributed by atoms with Crippen molar-refractivity contribution in [3.05, 3.63) is 11.6 Å². The van der Waals surface area contributed by atoms with Gasteiger partial charge in [0.05, 0.1) is 18.8 Å². The third-order valence-electron chi connectivity index (χ3n) is 13.2. The number of allylic oxidation sites excluding steroid dienone is 2. The van der Waals surface area contributed by atoms with Crippen molar-refractivity contribution < 1.29 is 15.3 Å². The first-order valence-corrected chi connectivity index (χ1v) is 13.9. The maximum absolute atomic E-state index is 11.3. The molecule has 0 radical (unpaired) electrons. The van der Waals surface area contributed by atoms with Crippen LogP contribution in [0.5, 0.6) is 0 Å². The Hall–Kier alpha value is -0.380. The Kier molecular flexibility index (Phi) is 5.23. The molecule has 5 aliphatic carbocycles. The zero-order valence-electron chi connectivity index (χ0n) is 22.4. The molecule has 10 atom stereocenters. The average Bonchev–Trinajstić information content (AvgIpc) is 2.73. The summed E-state index contributed by atoms with van der Waals surface area (Å²) >= 11 is 0. The summed E-state index contributed by atoms with van der Waals surface area (Å²) < 4.78 is 0. The Morgan fingerprint density at radius 1 is 0.788 bits per heavy atom. The lowest BCUT2D eigenvalue weighted by Gasteiger charge is -2.71. The van der Waals surface area contributed by atoms with E-state index in [0.717, 1.165) is 38.5 Å². The lowest BCUT2D eigenvalue weighted by molar-refractivity contribution is -0.218. The van der Waals surface area contributed by atoms with E-state index in [1.165, 1.54) is 19.3 Å². The van der Waals surface area contributed by atoms with Gasteiger partial charge < -0.3 is 15.3 Å². The minimum Gasteiger partial charge on any atom is -0.396 e. The molecule has 3 nitrogen and oxygen atoms in total. The summed E-state index contributed by atoms with van der Waals surface area (Å²) in [7, 11) is 0. The summed E-state index contributed by atoms with van der Waals surface area (Å²) in [6.45, 7) is 17.0. The molecule has 33 heavy (non-hydrogen) atoms. The largest absolute Gasteiger partial charge is 0.396 e. The van der Waals surface area contributed by atoms with Crippen molar-refractivity contribution in [2.45, 2.75) is 118 Å². The summed E-state index contributed by atoms with van der Waals surface area (Å²) in [5.41, 5.74) is 2.04. The Labute approximate surface area is 202 Å². The Morgan fingerprint density at radius 2 is 1.48 bits per heavy atom. The molecule has 3 heteroatoms. The zero-order chi connectivity index (χ0) is 24.2. The fraction of sp³-hybridized carbons (Fsp3) is 0.933. The van der Waals surface area contributed by atoms with Gasteiger partial charge in [0, 0.05) is 10.8 Å². The Balaban J connectivity index is 1.58. The van der Waals surface area contributed by atoms with E-state index >= 15 is 0 Å². The van der Waals surface area contributed by atoms with Crippen LogP contribution in [0.1, 0.15) is 106 Å². The second kappa shape index (κ2) is 7.10. The van der Waals surface area contributed by atoms with Gasteiger partial charge in [-0.25, -0.2) is 0 Å². The Morgan fingerprint density at radius 3 is 2.15 bits per heavy atom. The molecule has 0 spiro atoms. The molecule has 0 unspecified atom stereocenters. The van der Waals surface area contributed by atoms with Crippen LogP contribution in [0, 0.1) is 50.2 Å². The number of rotatable bonds is 1. The number of aliphatic hydroxyl groups is 3. The van der Waals surface area contributed by atoms with Crippen molar-refractivity contribution in [1.82, 2.24) is 0 Å². The van der Waals surface area contributed by atoms with E-state index in [-0.39, 0.29) is 45.2 Å². The fourth-order valence-electron chi connectivity index (χ4n) is 10.7. The van der Waals surface area contributed by atoms with Crippen LogP contribution in [0.2, 0.25) is 0 Å². The minimum absolute atomic E-state index is 0.00950. The lowest BCUT2D eigenvalue weighted by atomic mass is 9.33. The highest BCUT2D eigenvalue weighted by Gasteiger charge is 2.69. The van der Waals surface area contributed by atoms with Crippen molar-refractivity contribution in [3.63, 3.8) is 0 Å². The van der Waals surface area contributed by atoms with E-state index in [4.69, 9.17) is 0 Å². The third kappa shape index (κ3) is 2.91. The van der Waals surface area contributed by atoms with Gasteiger partial charge in [-0.2, -0.15) is 0 Å². The normalized spacial score (nSPS) is 57.8. The van der Waals surface area contributed by atoms with Gasteiger partial charge >= 0.3 is 0 Å². The van der Waals surface area contributed by atoms with Crippen LogP contribution in [0.25, 0.3) is 0 Å². The van der Waals surface area contributed by atoms with E-state index in [9.17, 15) is 15.3 Å². The van der Waals surface area contributed by atoms with Crippen LogP contribution in [-0.4, -0.2) is 34.1 Å². The van der Waals surface area contributed by atoms with Crippen LogP contribution in [0.15, 0.2) is 11.6 Å². The molecule has 4 fully saturated rings. The second-order valence-corrected chi connectivity index (χ2v) is 15.2. The topological polar surface area (TPSA) is 60.7 Å². The molecule has 5 rings (SSSR count). The lowest BCUT2D eigenvalue weighted by Crippen LogP contribution is -2.66. The van der Waals surface area contributed by atoms with E-state index in [0.29, 0.717) is 17.8 Å². The monoisotopic (exact) mass is 458 g/mol. The first-order valence-electron chi connectivity index (χ1n) is 13.9. The minimum atomic E-state index is -0.392. The predicted molar refractivity (Wildman–Crippen MR) is 134 cm³/mol. The van der Waals surface area contributed by atoms with Gasteiger partial charge in [0.1, 0.15) is 0 Å². The van der Waals surface area contributed by atoms with E-state index < -0.39 is 6.10 Å². The molecule has 0 aliphatic heterocycles. The van der Waals surface area contributed by atoms with E-state index in [1.807, 2.05) is 0 Å². The van der Waals surface area contributed by atoms with Gasteiger partial charge in [0.15, 0.2) is 0 Å². The van der Waals surface area contributed by atoms with Crippen LogP contribution in [-0.2, 0) is 0 Å². The molecule has 188 valence electrons. The van der Waals surface area contributed by atoms with Gasteiger partial charge in [0.25, 0.3) is 0 Å². The molecule has 0 aromatic rings. The molecule has 0 amide bonds. The molecule has 0 aromatic heterocycles. The quantitative estimate of drug-likeness (QED) is 0.415. The number of fused-ring (bicyclic) bond motifs is 7. The van der Waals surface area contributed by atoms with Gasteiger partial charge in [0.2, 0.25) is 0 Å². The summed E-state index contributed by atoms with van der Waals surface area (Å²) in [4.78, 5) is 0. The van der Waals surface area contributed by atoms with Crippen molar-refractivity contribution in [2.75, 3.05) is 6.61 Å². The molecule has 0 saturated heterocycles. The van der Waals surface area contributed by atoms with Crippen LogP contribution >= 0.6 is 0 Å². The smallest absolute Gasteiger partial charge is 0.0618 e. The molecule has 0 heterocycles. The second-order valence-electron chi connectivity index (χ2n) is 15.2. The zero-order valence-corrected chi connectivity index (χ0v) is 22.4. The van der Waals surface area contributed by atoms with Crippen molar-refractivity contribution in [1.29, 1.82) is 0 Å². The van der Waals surface area contributed by atoms with Crippen molar-refractivity contribution in [3.8, 4) is 0 Å². The first kappa shape index (κ1) is 24.3. The third-order valence-corrected chi connectivity index (χ3v) is 13.2. The maximum atomic E-state index is 11.3. The first-order chi connectivity index (χ1) is 15.2. The standard InChI is InChI=1S/C30H50O3/c1-25(2)16-20-19-8-9-22-27(4)12-11-23(32)28(5,18-31)21(27)10-13-30(22,7)29(19,6)15-14-26(20,3)24(33)17-25/h8,20-24,31-33H,9-18H2,1-7H3/t20-,21+,22-,23-,24+,26+,27-,28+,29+,30+/m0/s1. The van der Waals surface area contributed by atoms with Gasteiger partial charge in [-0.1, -0.05) is 60.1 Å². The predicted octanol–water partition coefficient (Wildman–Crippen LogP) is 6.11. The van der Waals surface area contributed by atoms with Crippen LogP contribution in [0.3, 0.4) is 0 Å². The average molecular weight is 459 g/mol. The number of hydrogen-bond acceptors (Lipinski definition) is 3. The highest BCUT2D eigenvalue weighted by Crippen LogP contribution is 2.75. The summed E-state index contributed by atoms with van der Waals surface area (Å²) in [5, 5.41) is 32.6. The molecule has 0 aromatic carbocycles. The van der Waals surface area contributed by atoms with Crippen molar-refractivity contribution in [2.24, 2.45) is 50.2 Å². The molecule has 4 saturated carbocycles. The van der Waals surface area contributed by atoms with Gasteiger partial charge in [-0.3, -0.25) is 0 Å². The summed E-state index contributed by atoms with van der Waals surface area (Å²) in [5.74, 6) is 1.44. The molecular weight excluding hydrogens is 408 g/mol. The van der Waals surface area contributed by atoms with Gasteiger partial charge in [-0.15, -0.1) is 0 Å². The van der Waals surface area contributed by atoms with E-state index in [1.54, 1.807) is 5.57 Å². The summed E-state index contributed by atoms with van der Waals surface area (Å²) in [6.07, 6.45) is 11.7. The van der Waals surface area contributed by atoms with E-state index in [2.05, 4.69) is 54.5 Å². The Bertz CT molecular complexity index is 847. The molecule has 0 bridgehead atoms. The fourth-order valence-corrected chi connectivity index (χ4v) is 10.7. The molecule has 3 N–H and O–H groups in total. The number of aliphatic hydroxyl groups excluding tert-OH is 3. The van der Waals surface area contributed by atoms with Crippen LogP contribution in [0.4, 0.5) is 0 Å². The molecular formula is C30H50O3. The summed E-state index contributed by atoms with van der Waals surface area (Å²) in [6, 6.07) is 0. The highest BCUT2D eigenvalue weighted by atomic mass is 16.3. The van der Waals surface area contributed by atoms with Gasteiger partial charge in [-0.05, 0) is 97.2 Å². The molecule has 5 aliphatic rings. The highest BCUT2D eigenvalue weighted by molar-refractivity contribution is 5.34. The SMILES string of the molecule is CC1(C)C[C@@H](O)[C@]2(C)CC[C@]3(C)C(=CC[C@H]4[C@@]5(C)CC[C@H](O)[C@](C)(CO)[C@@H]5CC[C@]43C)[C@@H]2C1. The van der Waals surface area contributed by atoms with Crippen molar-refractivity contribution >= 4 is 0 Å². The number of hydrogen-bond donors (Lipinski definition) is 3. The maximum Gasteiger partial charge on any atom is 0.0618 e.